The Morgan fingerprint density at radius 1 is 0.909 bits per heavy atom. The van der Waals surface area contributed by atoms with E-state index in [0.717, 1.165) is 23.2 Å². The lowest BCUT2D eigenvalue weighted by Gasteiger charge is -2.39. The molecule has 0 spiro atoms. The van der Waals surface area contributed by atoms with Crippen molar-refractivity contribution in [2.24, 2.45) is 0 Å². The fourth-order valence-corrected chi connectivity index (χ4v) is 3.47. The van der Waals surface area contributed by atoms with Crippen LogP contribution in [0.3, 0.4) is 0 Å². The number of likely N-dealkylation sites (N-methyl/N-ethyl adjacent to an activating group) is 1. The van der Waals surface area contributed by atoms with Crippen molar-refractivity contribution >= 4 is 17.5 Å². The standard InChI is InChI=1S/C18H16N2O2/c1-19-11-16-14-8-4-2-6-12(14)10-13-7-3-5-9-15(13)20(16)18(22)17(19)21/h2-9,16H,10-11H2,1H3. The maximum absolute atomic E-state index is 12.6. The summed E-state index contributed by atoms with van der Waals surface area (Å²) in [5.41, 5.74) is 4.29. The van der Waals surface area contributed by atoms with Gasteiger partial charge in [0.15, 0.2) is 0 Å². The Morgan fingerprint density at radius 2 is 1.59 bits per heavy atom. The highest BCUT2D eigenvalue weighted by molar-refractivity contribution is 6.41. The van der Waals surface area contributed by atoms with E-state index in [-0.39, 0.29) is 6.04 Å². The van der Waals surface area contributed by atoms with Crippen molar-refractivity contribution in [3.63, 3.8) is 0 Å². The first kappa shape index (κ1) is 13.1. The van der Waals surface area contributed by atoms with Gasteiger partial charge in [0.25, 0.3) is 0 Å². The van der Waals surface area contributed by atoms with Gasteiger partial charge >= 0.3 is 11.8 Å². The summed E-state index contributed by atoms with van der Waals surface area (Å²) in [6.07, 6.45) is 0.782. The zero-order valence-electron chi connectivity index (χ0n) is 12.3. The van der Waals surface area contributed by atoms with E-state index in [4.69, 9.17) is 0 Å². The molecule has 4 nitrogen and oxygen atoms in total. The molecule has 1 saturated heterocycles. The second-order valence-electron chi connectivity index (χ2n) is 5.88. The summed E-state index contributed by atoms with van der Waals surface area (Å²) in [7, 11) is 1.69. The number of anilines is 1. The van der Waals surface area contributed by atoms with Gasteiger partial charge in [-0.15, -0.1) is 0 Å². The predicted octanol–water partition coefficient (Wildman–Crippen LogP) is 2.14. The minimum atomic E-state index is -0.442. The second-order valence-corrected chi connectivity index (χ2v) is 5.88. The number of carbonyl (C=O) groups excluding carboxylic acids is 2. The first-order chi connectivity index (χ1) is 10.7. The molecule has 1 unspecified atom stereocenters. The molecule has 0 bridgehead atoms. The third-order valence-electron chi connectivity index (χ3n) is 4.55. The SMILES string of the molecule is CN1CC2c3ccccc3Cc3ccccc3N2C(=O)C1=O. The van der Waals surface area contributed by atoms with E-state index in [2.05, 4.69) is 12.1 Å². The van der Waals surface area contributed by atoms with Crippen LogP contribution in [0.4, 0.5) is 5.69 Å². The molecular formula is C18H16N2O2. The van der Waals surface area contributed by atoms with Gasteiger partial charge in [-0.3, -0.25) is 14.5 Å². The van der Waals surface area contributed by atoms with Gasteiger partial charge in [-0.25, -0.2) is 0 Å². The van der Waals surface area contributed by atoms with Gasteiger partial charge < -0.3 is 4.90 Å². The van der Waals surface area contributed by atoms with Crippen LogP contribution < -0.4 is 4.90 Å². The Hall–Kier alpha value is -2.62. The summed E-state index contributed by atoms with van der Waals surface area (Å²) in [6, 6.07) is 15.9. The molecule has 0 aliphatic carbocycles. The van der Waals surface area contributed by atoms with Gasteiger partial charge in [-0.1, -0.05) is 42.5 Å². The van der Waals surface area contributed by atoms with E-state index in [9.17, 15) is 9.59 Å². The number of para-hydroxylation sites is 1. The van der Waals surface area contributed by atoms with Crippen LogP contribution >= 0.6 is 0 Å². The van der Waals surface area contributed by atoms with Gasteiger partial charge in [-0.05, 0) is 29.2 Å². The highest BCUT2D eigenvalue weighted by Crippen LogP contribution is 2.39. The van der Waals surface area contributed by atoms with Crippen LogP contribution in [0.25, 0.3) is 0 Å². The fraction of sp³-hybridized carbons (Fsp3) is 0.222. The average Bonchev–Trinajstić information content (AvgIpc) is 2.67. The van der Waals surface area contributed by atoms with Gasteiger partial charge in [0.1, 0.15) is 0 Å². The molecule has 0 radical (unpaired) electrons. The molecule has 2 aliphatic rings. The zero-order chi connectivity index (χ0) is 15.3. The molecule has 4 rings (SSSR count). The molecule has 110 valence electrons. The van der Waals surface area contributed by atoms with Gasteiger partial charge in [0, 0.05) is 19.3 Å². The number of carbonyl (C=O) groups is 2. The smallest absolute Gasteiger partial charge is 0.317 e. The molecule has 1 atom stereocenters. The van der Waals surface area contributed by atoms with Crippen molar-refractivity contribution in [3.8, 4) is 0 Å². The van der Waals surface area contributed by atoms with E-state index in [0.29, 0.717) is 6.54 Å². The summed E-state index contributed by atoms with van der Waals surface area (Å²) in [5, 5.41) is 0. The third-order valence-corrected chi connectivity index (χ3v) is 4.55. The Labute approximate surface area is 129 Å². The number of amides is 2. The monoisotopic (exact) mass is 292 g/mol. The van der Waals surface area contributed by atoms with Gasteiger partial charge in [0.05, 0.1) is 6.04 Å². The number of benzene rings is 2. The molecule has 2 aromatic carbocycles. The first-order valence-corrected chi connectivity index (χ1v) is 7.41. The molecule has 0 aromatic heterocycles. The summed E-state index contributed by atoms with van der Waals surface area (Å²) < 4.78 is 0. The summed E-state index contributed by atoms with van der Waals surface area (Å²) in [4.78, 5) is 28.0. The van der Waals surface area contributed by atoms with Crippen LogP contribution in [0.15, 0.2) is 48.5 Å². The summed E-state index contributed by atoms with van der Waals surface area (Å²) in [6.45, 7) is 0.524. The Balaban J connectivity index is 1.97. The summed E-state index contributed by atoms with van der Waals surface area (Å²) >= 11 is 0. The van der Waals surface area contributed by atoms with E-state index in [1.165, 1.54) is 10.5 Å². The number of piperazine rings is 1. The minimum absolute atomic E-state index is 0.116. The van der Waals surface area contributed by atoms with Gasteiger partial charge in [-0.2, -0.15) is 0 Å². The van der Waals surface area contributed by atoms with Crippen LogP contribution in [0.5, 0.6) is 0 Å². The second kappa shape index (κ2) is 4.70. The highest BCUT2D eigenvalue weighted by atomic mass is 16.2. The van der Waals surface area contributed by atoms with Crippen molar-refractivity contribution in [1.29, 1.82) is 0 Å². The van der Waals surface area contributed by atoms with Crippen molar-refractivity contribution in [2.45, 2.75) is 12.5 Å². The summed E-state index contributed by atoms with van der Waals surface area (Å²) in [5.74, 6) is -0.881. The topological polar surface area (TPSA) is 40.6 Å². The van der Waals surface area contributed by atoms with Crippen molar-refractivity contribution in [3.05, 3.63) is 65.2 Å². The number of hydrogen-bond acceptors (Lipinski definition) is 2. The van der Waals surface area contributed by atoms with Crippen molar-refractivity contribution < 1.29 is 9.59 Å². The van der Waals surface area contributed by atoms with Crippen LogP contribution in [0, 0.1) is 0 Å². The molecule has 4 heteroatoms. The van der Waals surface area contributed by atoms with E-state index >= 15 is 0 Å². The lowest BCUT2D eigenvalue weighted by atomic mass is 9.96. The Bertz CT molecular complexity index is 784. The van der Waals surface area contributed by atoms with Crippen LogP contribution in [-0.2, 0) is 16.0 Å². The highest BCUT2D eigenvalue weighted by Gasteiger charge is 2.41. The van der Waals surface area contributed by atoms with Crippen molar-refractivity contribution in [2.75, 3.05) is 18.5 Å². The first-order valence-electron chi connectivity index (χ1n) is 7.41. The number of hydrogen-bond donors (Lipinski definition) is 0. The maximum atomic E-state index is 12.6. The Morgan fingerprint density at radius 3 is 2.41 bits per heavy atom. The maximum Gasteiger partial charge on any atom is 0.317 e. The molecule has 22 heavy (non-hydrogen) atoms. The molecular weight excluding hydrogens is 276 g/mol. The van der Waals surface area contributed by atoms with E-state index < -0.39 is 11.8 Å². The quantitative estimate of drug-likeness (QED) is 0.698. The third kappa shape index (κ3) is 1.77. The molecule has 2 amide bonds. The van der Waals surface area contributed by atoms with Gasteiger partial charge in [0.2, 0.25) is 0 Å². The molecule has 1 fully saturated rings. The van der Waals surface area contributed by atoms with Crippen molar-refractivity contribution in [1.82, 2.24) is 4.90 Å². The zero-order valence-corrected chi connectivity index (χ0v) is 12.3. The lowest BCUT2D eigenvalue weighted by Crippen LogP contribution is -2.54. The lowest BCUT2D eigenvalue weighted by molar-refractivity contribution is -0.146. The Kier molecular flexibility index (Phi) is 2.79. The molecule has 0 saturated carbocycles. The van der Waals surface area contributed by atoms with E-state index in [1.54, 1.807) is 11.9 Å². The predicted molar refractivity (Wildman–Crippen MR) is 83.6 cm³/mol. The van der Waals surface area contributed by atoms with Crippen LogP contribution in [0.2, 0.25) is 0 Å². The number of rotatable bonds is 0. The van der Waals surface area contributed by atoms with E-state index in [1.807, 2.05) is 36.4 Å². The molecule has 2 aliphatic heterocycles. The largest absolute Gasteiger partial charge is 0.335 e. The fourth-order valence-electron chi connectivity index (χ4n) is 3.47. The van der Waals surface area contributed by atoms with Crippen LogP contribution in [0.1, 0.15) is 22.7 Å². The van der Waals surface area contributed by atoms with Crippen LogP contribution in [-0.4, -0.2) is 30.3 Å². The normalized spacial score (nSPS) is 20.1. The number of nitrogens with zero attached hydrogens (tertiary/aromatic N) is 2. The average molecular weight is 292 g/mol. The molecule has 2 heterocycles. The number of fused-ring (bicyclic) bond motifs is 5. The molecule has 2 aromatic rings. The minimum Gasteiger partial charge on any atom is -0.335 e. The molecule has 0 N–H and O–H groups in total.